The van der Waals surface area contributed by atoms with E-state index in [1.807, 2.05) is 0 Å². The number of benzene rings is 2. The van der Waals surface area contributed by atoms with Crippen molar-refractivity contribution in [3.05, 3.63) is 68.3 Å². The van der Waals surface area contributed by atoms with Crippen LogP contribution in [0.2, 0.25) is 5.02 Å². The topological polar surface area (TPSA) is 137 Å². The number of para-hydroxylation sites is 1. The molecule has 0 bridgehead atoms. The van der Waals surface area contributed by atoms with Crippen molar-refractivity contribution in [2.45, 2.75) is 19.9 Å². The summed E-state index contributed by atoms with van der Waals surface area (Å²) < 4.78 is 21.4. The van der Waals surface area contributed by atoms with E-state index in [0.29, 0.717) is 37.7 Å². The number of thiocarbonyl (C=S) groups is 1. The van der Waals surface area contributed by atoms with Crippen molar-refractivity contribution in [1.82, 2.24) is 16.1 Å². The second-order valence-electron chi connectivity index (χ2n) is 8.09. The maximum absolute atomic E-state index is 12.7. The Balaban J connectivity index is 1.66. The minimum Gasteiger partial charge on any atom is -0.483 e. The summed E-state index contributed by atoms with van der Waals surface area (Å²) in [7, 11) is 1.25. The van der Waals surface area contributed by atoms with E-state index in [2.05, 4.69) is 41.8 Å². The molecule has 40 heavy (non-hydrogen) atoms. The minimum atomic E-state index is -0.646. The van der Waals surface area contributed by atoms with E-state index >= 15 is 0 Å². The number of rotatable bonds is 11. The van der Waals surface area contributed by atoms with Crippen LogP contribution in [0.3, 0.4) is 0 Å². The summed E-state index contributed by atoms with van der Waals surface area (Å²) in [4.78, 5) is 36.4. The van der Waals surface area contributed by atoms with Crippen LogP contribution in [0.25, 0.3) is 0 Å². The zero-order valence-electron chi connectivity index (χ0n) is 21.7. The lowest BCUT2D eigenvalue weighted by Crippen LogP contribution is -2.45. The number of amides is 1. The molecule has 0 radical (unpaired) electrons. The monoisotopic (exact) mass is 652 g/mol. The molecule has 11 nitrogen and oxygen atoms in total. The smallest absolute Gasteiger partial charge is 0.343 e. The Bertz CT molecular complexity index is 1350. The van der Waals surface area contributed by atoms with Gasteiger partial charge in [-0.1, -0.05) is 29.8 Å². The van der Waals surface area contributed by atoms with Crippen molar-refractivity contribution in [2.24, 2.45) is 5.10 Å². The SMILES string of the molecule is CCOC(=O)C1=C(C)NC(=S)N[C@@H]1c1ccccc1OCC(=O)NN=Cc1cc(Cl)c(OCC(=O)OC)c(Br)c1. The molecule has 3 N–H and O–H groups in total. The Morgan fingerprint density at radius 3 is 2.65 bits per heavy atom. The third kappa shape index (κ3) is 8.16. The van der Waals surface area contributed by atoms with Gasteiger partial charge in [0.2, 0.25) is 0 Å². The standard InChI is InChI=1S/C26H26BrClN4O7S/c1-4-37-25(35)22-14(2)30-26(40)31-23(22)16-7-5-6-8-19(16)38-12-20(33)32-29-11-15-9-17(27)24(18(28)10-15)39-13-21(34)36-3/h5-11,23H,4,12-13H2,1-3H3,(H,32,33)(H2,30,31,40)/t23-/m1/s1. The summed E-state index contributed by atoms with van der Waals surface area (Å²) in [5.74, 6) is -0.940. The maximum Gasteiger partial charge on any atom is 0.343 e. The molecular formula is C26H26BrClN4O7S. The van der Waals surface area contributed by atoms with Crippen molar-refractivity contribution in [3.8, 4) is 11.5 Å². The largest absolute Gasteiger partial charge is 0.483 e. The van der Waals surface area contributed by atoms with Crippen molar-refractivity contribution in [1.29, 1.82) is 0 Å². The minimum absolute atomic E-state index is 0.210. The van der Waals surface area contributed by atoms with Gasteiger partial charge < -0.3 is 29.6 Å². The van der Waals surface area contributed by atoms with Crippen LogP contribution in [0.1, 0.15) is 31.0 Å². The Hall–Kier alpha value is -3.68. The van der Waals surface area contributed by atoms with Crippen LogP contribution in [0.5, 0.6) is 11.5 Å². The molecule has 2 aromatic carbocycles. The van der Waals surface area contributed by atoms with Gasteiger partial charge in [0.1, 0.15) is 5.75 Å². The number of hydrogen-bond acceptors (Lipinski definition) is 9. The van der Waals surface area contributed by atoms with Gasteiger partial charge in [-0.3, -0.25) is 4.79 Å². The van der Waals surface area contributed by atoms with Crippen molar-refractivity contribution in [2.75, 3.05) is 26.9 Å². The molecule has 0 aromatic heterocycles. The van der Waals surface area contributed by atoms with Gasteiger partial charge in [-0.25, -0.2) is 15.0 Å². The fourth-order valence-electron chi connectivity index (χ4n) is 3.59. The van der Waals surface area contributed by atoms with Gasteiger partial charge in [0.25, 0.3) is 5.91 Å². The lowest BCUT2D eigenvalue weighted by molar-refractivity contribution is -0.143. The van der Waals surface area contributed by atoms with Crippen molar-refractivity contribution in [3.63, 3.8) is 0 Å². The highest BCUT2D eigenvalue weighted by Crippen LogP contribution is 2.35. The first-order chi connectivity index (χ1) is 19.1. The fraction of sp³-hybridized carbons (Fsp3) is 0.269. The number of carbonyl (C=O) groups is 3. The van der Waals surface area contributed by atoms with Crippen LogP contribution >= 0.6 is 39.7 Å². The first kappa shape index (κ1) is 30.9. The van der Waals surface area contributed by atoms with Gasteiger partial charge in [0, 0.05) is 11.3 Å². The van der Waals surface area contributed by atoms with Crippen LogP contribution in [-0.4, -0.2) is 56.1 Å². The van der Waals surface area contributed by atoms with Crippen LogP contribution < -0.4 is 25.5 Å². The molecule has 2 aromatic rings. The molecule has 1 heterocycles. The number of nitrogens with zero attached hydrogens (tertiary/aromatic N) is 1. The van der Waals surface area contributed by atoms with Gasteiger partial charge in [0.05, 0.1) is 41.0 Å². The van der Waals surface area contributed by atoms with Crippen LogP contribution in [-0.2, 0) is 23.9 Å². The van der Waals surface area contributed by atoms with Gasteiger partial charge in [-0.2, -0.15) is 5.10 Å². The summed E-state index contributed by atoms with van der Waals surface area (Å²) in [6.45, 7) is 3.01. The Morgan fingerprint density at radius 1 is 1.20 bits per heavy atom. The molecule has 14 heteroatoms. The number of hydrazone groups is 1. The second kappa shape index (κ2) is 14.6. The molecule has 1 amide bonds. The first-order valence-corrected chi connectivity index (χ1v) is 13.4. The average Bonchev–Trinajstić information content (AvgIpc) is 2.91. The second-order valence-corrected chi connectivity index (χ2v) is 9.76. The molecule has 0 unspecified atom stereocenters. The van der Waals surface area contributed by atoms with Crippen LogP contribution in [0.15, 0.2) is 57.2 Å². The molecule has 0 fully saturated rings. The molecule has 0 saturated heterocycles. The molecule has 212 valence electrons. The predicted octanol–water partition coefficient (Wildman–Crippen LogP) is 3.54. The number of esters is 2. The third-order valence-electron chi connectivity index (χ3n) is 5.34. The normalized spacial score (nSPS) is 14.7. The molecule has 3 rings (SSSR count). The number of halogens is 2. The number of hydrogen-bond donors (Lipinski definition) is 3. The molecule has 0 aliphatic carbocycles. The average molecular weight is 654 g/mol. The lowest BCUT2D eigenvalue weighted by Gasteiger charge is -2.30. The third-order valence-corrected chi connectivity index (χ3v) is 6.43. The van der Waals surface area contributed by atoms with Gasteiger partial charge in [0.15, 0.2) is 24.1 Å². The Morgan fingerprint density at radius 2 is 1.95 bits per heavy atom. The van der Waals surface area contributed by atoms with Crippen LogP contribution in [0.4, 0.5) is 0 Å². The van der Waals surface area contributed by atoms with E-state index in [4.69, 9.17) is 38.0 Å². The number of carbonyl (C=O) groups excluding carboxylic acids is 3. The molecule has 0 spiro atoms. The van der Waals surface area contributed by atoms with E-state index in [9.17, 15) is 14.4 Å². The van der Waals surface area contributed by atoms with Crippen LogP contribution in [0, 0.1) is 0 Å². The van der Waals surface area contributed by atoms with E-state index in [0.717, 1.165) is 0 Å². The molecule has 1 aliphatic heterocycles. The predicted molar refractivity (Wildman–Crippen MR) is 155 cm³/mol. The van der Waals surface area contributed by atoms with Gasteiger partial charge in [-0.15, -0.1) is 0 Å². The first-order valence-electron chi connectivity index (χ1n) is 11.8. The number of ether oxygens (including phenoxy) is 4. The quantitative estimate of drug-likeness (QED) is 0.143. The van der Waals surface area contributed by atoms with Crippen molar-refractivity contribution < 1.29 is 33.3 Å². The highest BCUT2D eigenvalue weighted by Gasteiger charge is 2.32. The summed E-state index contributed by atoms with van der Waals surface area (Å²) in [6.07, 6.45) is 1.38. The molecule has 1 aliphatic rings. The summed E-state index contributed by atoms with van der Waals surface area (Å²) in [6, 6.07) is 9.53. The summed E-state index contributed by atoms with van der Waals surface area (Å²) >= 11 is 14.9. The highest BCUT2D eigenvalue weighted by atomic mass is 79.9. The number of allylic oxidation sites excluding steroid dienone is 1. The summed E-state index contributed by atoms with van der Waals surface area (Å²) in [5, 5.41) is 10.5. The molecular weight excluding hydrogens is 628 g/mol. The Kier molecular flexibility index (Phi) is 11.3. The van der Waals surface area contributed by atoms with E-state index in [1.165, 1.54) is 13.3 Å². The zero-order valence-corrected chi connectivity index (χ0v) is 24.9. The number of nitrogens with one attached hydrogen (secondary N) is 3. The van der Waals surface area contributed by atoms with Gasteiger partial charge >= 0.3 is 11.9 Å². The fourth-order valence-corrected chi connectivity index (χ4v) is 4.85. The maximum atomic E-state index is 12.7. The highest BCUT2D eigenvalue weighted by molar-refractivity contribution is 9.10. The Labute approximate surface area is 249 Å². The molecule has 0 saturated carbocycles. The van der Waals surface area contributed by atoms with E-state index in [1.54, 1.807) is 50.2 Å². The zero-order chi connectivity index (χ0) is 29.2. The van der Waals surface area contributed by atoms with E-state index in [-0.39, 0.29) is 30.6 Å². The van der Waals surface area contributed by atoms with E-state index < -0.39 is 23.9 Å². The number of methoxy groups -OCH3 is 1. The van der Waals surface area contributed by atoms with Crippen molar-refractivity contribution >= 4 is 68.9 Å². The van der Waals surface area contributed by atoms with Gasteiger partial charge in [-0.05, 0) is 65.8 Å². The summed E-state index contributed by atoms with van der Waals surface area (Å²) in [5.41, 5.74) is 4.44. The lowest BCUT2D eigenvalue weighted by atomic mass is 9.95. The molecule has 1 atom stereocenters.